The zero-order chi connectivity index (χ0) is 101. The number of amides is 2. The monoisotopic (exact) mass is 1400 g/mol. The minimum Gasteiger partial charge on any atom is -0.336 e. The van der Waals surface area contributed by atoms with Crippen molar-refractivity contribution < 1.29 is 94.1 Å². The summed E-state index contributed by atoms with van der Waals surface area (Å²) in [6.45, 7) is -35.5. The fourth-order valence-electron chi connectivity index (χ4n) is 8.98. The number of aromatic nitrogens is 4. The number of alkyl halides is 6. The van der Waals surface area contributed by atoms with Crippen molar-refractivity contribution in [3.63, 3.8) is 0 Å². The summed E-state index contributed by atoms with van der Waals surface area (Å²) in [4.78, 5) is 63.4. The molecule has 2 aliphatic carbocycles. The molecule has 22 heteroatoms. The largest absolute Gasteiger partial charge is 0.416 e. The summed E-state index contributed by atoms with van der Waals surface area (Å²) in [7, 11) is 0. The quantitative estimate of drug-likeness (QED) is 0.0295. The molecule has 0 aliphatic heterocycles. The third-order valence-electron chi connectivity index (χ3n) is 13.8. The number of nitrogens with zero attached hydrogens (tertiary/aromatic N) is 8. The summed E-state index contributed by atoms with van der Waals surface area (Å²) in [5.41, 5.74) is -17.7. The van der Waals surface area contributed by atoms with E-state index in [1.54, 1.807) is 0 Å². The Morgan fingerprint density at radius 1 is 0.573 bits per heavy atom. The summed E-state index contributed by atoms with van der Waals surface area (Å²) < 4.78 is 426. The van der Waals surface area contributed by atoms with E-state index in [0.29, 0.717) is 32.3 Å². The molecule has 0 radical (unpaired) electrons. The molecule has 0 bridgehead atoms. The van der Waals surface area contributed by atoms with Gasteiger partial charge in [0.2, 0.25) is 11.8 Å². The van der Waals surface area contributed by atoms with Crippen LogP contribution in [0.1, 0.15) is 152 Å². The molecule has 6 aromatic carbocycles. The van der Waals surface area contributed by atoms with Gasteiger partial charge in [0.25, 0.3) is 11.1 Å². The summed E-state index contributed by atoms with van der Waals surface area (Å²) in [5, 5.41) is -1.48. The predicted molar refractivity (Wildman–Crippen MR) is 362 cm³/mol. The molecule has 1 atom stereocenters. The molecule has 2 aromatic heterocycles. The van der Waals surface area contributed by atoms with Crippen LogP contribution in [-0.2, 0) is 85.0 Å². The van der Waals surface area contributed by atoms with E-state index in [2.05, 4.69) is 9.97 Å². The lowest BCUT2D eigenvalue weighted by Gasteiger charge is -2.28. The van der Waals surface area contributed by atoms with E-state index < -0.39 is 263 Å². The van der Waals surface area contributed by atoms with Gasteiger partial charge >= 0.3 is 12.4 Å². The van der Waals surface area contributed by atoms with Crippen LogP contribution in [0.4, 0.5) is 35.1 Å². The van der Waals surface area contributed by atoms with E-state index in [4.69, 9.17) is 38.4 Å². The third kappa shape index (κ3) is 19.0. The number of thioether (sulfide) groups is 2. The molecular weight excluding hydrogens is 1280 g/mol. The second kappa shape index (κ2) is 32.9. The number of benzene rings is 6. The van der Waals surface area contributed by atoms with E-state index in [1.165, 1.54) is 12.1 Å². The van der Waals surface area contributed by atoms with Gasteiger partial charge in [0.15, 0.2) is 10.3 Å². The van der Waals surface area contributed by atoms with Crippen molar-refractivity contribution in [1.82, 2.24) is 38.7 Å². The topological polar surface area (TPSA) is 117 Å². The van der Waals surface area contributed by atoms with Gasteiger partial charge in [-0.1, -0.05) is 149 Å². The van der Waals surface area contributed by atoms with Gasteiger partial charge in [-0.25, -0.2) is 8.78 Å². The molecular formula is C74H80F8N8O4S2. The van der Waals surface area contributed by atoms with Crippen molar-refractivity contribution in [3.05, 3.63) is 233 Å². The minimum atomic E-state index is -5.41. The first kappa shape index (κ1) is 38.3. The van der Waals surface area contributed by atoms with E-state index >= 15 is 9.59 Å². The number of halogens is 8. The molecule has 2 amide bonds. The highest BCUT2D eigenvalue weighted by Gasteiger charge is 2.33. The van der Waals surface area contributed by atoms with Crippen molar-refractivity contribution in [3.8, 4) is 22.3 Å². The summed E-state index contributed by atoms with van der Waals surface area (Å²) in [6, 6.07) is 5.90. The van der Waals surface area contributed by atoms with Crippen molar-refractivity contribution >= 4 is 35.3 Å². The smallest absolute Gasteiger partial charge is 0.336 e. The number of rotatable bonds is 26. The second-order valence-electron chi connectivity index (χ2n) is 20.2. The number of fused-ring (bicyclic) bond motifs is 2. The lowest BCUT2D eigenvalue weighted by molar-refractivity contribution is -0.138. The van der Waals surface area contributed by atoms with Gasteiger partial charge in [-0.3, -0.25) is 19.2 Å². The van der Waals surface area contributed by atoms with Crippen LogP contribution in [0.3, 0.4) is 0 Å². The molecule has 12 nitrogen and oxygen atoms in total. The summed E-state index contributed by atoms with van der Waals surface area (Å²) in [6.07, 6.45) is -16.2. The standard InChI is InChI=1S/2C37H40F4N4O2S/c1-4-43(5-2)18-19-44(22-26-6-10-28(11-7-26)29-12-14-30(15-13-29)37(39,40)41)34(46)23-45-33-21-25(3)20-32(33)35(47)42-36(45)48-24-27-8-16-31(38)17-9-27;1-4-43(5-2)19-20-44(22-29-12-11-28(21-25(29)3)27-13-15-30(16-14-27)37(39,40)41)34(46)23-45-33-8-6-7-32(33)35(47)42-36(45)48-24-26-9-17-31(38)18-10-26/h6-17,25H,4-5,18-24H2,1-3H3;9-18,21H,4-8,19-20,22-24H2,1-3H3/i4D2,5D2,18D2,19D2,20D2,21D2,22D2,24D2,25D;4D2,5D2,11D,12D,13D,14D,15D,16D,19D2,20D2,21D,22D2,24D2. The van der Waals surface area contributed by atoms with Crippen LogP contribution in [-0.4, -0.2) is 102 Å². The van der Waals surface area contributed by atoms with Crippen molar-refractivity contribution in [2.45, 2.75) is 134 Å². The summed E-state index contributed by atoms with van der Waals surface area (Å²) >= 11 is 0.239. The van der Waals surface area contributed by atoms with Crippen molar-refractivity contribution in [1.29, 1.82) is 0 Å². The van der Waals surface area contributed by atoms with Gasteiger partial charge in [-0.2, -0.15) is 36.3 Å². The van der Waals surface area contributed by atoms with E-state index in [-0.39, 0.29) is 91.0 Å². The Morgan fingerprint density at radius 2 is 1.03 bits per heavy atom. The van der Waals surface area contributed by atoms with Crippen LogP contribution in [0.2, 0.25) is 0 Å². The molecule has 96 heavy (non-hydrogen) atoms. The molecule has 0 saturated heterocycles. The Bertz CT molecular complexity index is 5850. The first-order valence-electron chi connectivity index (χ1n) is 46.4. The summed E-state index contributed by atoms with van der Waals surface area (Å²) in [5.74, 6) is -8.11. The maximum atomic E-state index is 15.1. The predicted octanol–water partition coefficient (Wildman–Crippen LogP) is 15.0. The minimum absolute atomic E-state index is 0.00685. The van der Waals surface area contributed by atoms with Crippen LogP contribution in [0.15, 0.2) is 159 Å². The van der Waals surface area contributed by atoms with E-state index in [0.717, 1.165) is 103 Å². The number of likely N-dealkylation sites (N-methyl/N-ethyl adjacent to an activating group) is 2. The first-order valence-corrected chi connectivity index (χ1v) is 30.1. The fourth-order valence-corrected chi connectivity index (χ4v) is 10.5. The molecule has 2 aliphatic rings. The van der Waals surface area contributed by atoms with Gasteiger partial charge in [0.05, 0.1) is 31.7 Å². The SMILES string of the molecule is [2H]C([2H])(Sc1nc(=O)c2c(n1CC(=O)N(C([2H])([2H])c1ccc(-c3ccc(C(F)(F)F)cc3)cc1)C([2H])([2H])C([2H])([2H])N(C([2H])([2H])C)C([2H])([2H])C)C([2H])([2H])C([2H])(C)C2([2H])[2H])c1ccc(F)cc1.[2H]c1c([2H])c(C(F)(F)F)c([2H])c([2H])c1-c1c([2H])c([2H])c(C([2H])([2H])N(C(=O)Cn2c(SC([2H])([2H])c3ccc(F)cc3)nc(=O)c3c2CCC3)C([2H])([2H])C([2H])([2H])N(C([2H])([2H])C)C([2H])([2H])C)c(C)c1[2H]. The first-order chi connectivity index (χ1) is 59.4. The Kier molecular flexibility index (Phi) is 13.1. The zero-order valence-corrected chi connectivity index (χ0v) is 53.0. The number of carbonyl (C=O) groups excluding carboxylic acids is 2. The number of hydrogen-bond donors (Lipinski definition) is 0. The Balaban J connectivity index is 0.000000297. The van der Waals surface area contributed by atoms with Crippen LogP contribution < -0.4 is 11.1 Å². The number of carbonyl (C=O) groups is 2. The highest BCUT2D eigenvalue weighted by Crippen LogP contribution is 2.35. The maximum Gasteiger partial charge on any atom is 0.416 e. The Hall–Kier alpha value is -7.92. The number of hydrogen-bond acceptors (Lipinski definition) is 10. The average molecular weight is 1400 g/mol. The molecule has 0 spiro atoms. The van der Waals surface area contributed by atoms with Gasteiger partial charge in [-0.05, 0) is 169 Å². The molecule has 0 fully saturated rings. The van der Waals surface area contributed by atoms with Crippen molar-refractivity contribution in [2.24, 2.45) is 5.89 Å². The van der Waals surface area contributed by atoms with Crippen LogP contribution >= 0.6 is 23.5 Å². The van der Waals surface area contributed by atoms with E-state index in [9.17, 15) is 55.7 Å². The lowest BCUT2D eigenvalue weighted by Crippen LogP contribution is -2.40. The van der Waals surface area contributed by atoms with Gasteiger partial charge in [0.1, 0.15) is 24.7 Å². The van der Waals surface area contributed by atoms with E-state index in [1.807, 2.05) is 0 Å². The van der Waals surface area contributed by atoms with Gasteiger partial charge in [0, 0.05) is 102 Å². The molecule has 10 rings (SSSR count). The molecule has 0 saturated carbocycles. The molecule has 2 heterocycles. The van der Waals surface area contributed by atoms with Crippen LogP contribution in [0, 0.1) is 24.5 Å². The Morgan fingerprint density at radius 3 is 1.53 bits per heavy atom. The molecule has 1 unspecified atom stereocenters. The third-order valence-corrected chi connectivity index (χ3v) is 15.4. The normalized spacial score (nSPS) is 22.7. The zero-order valence-electron chi connectivity index (χ0n) is 87.3. The molecule has 508 valence electrons. The van der Waals surface area contributed by atoms with Crippen molar-refractivity contribution in [2.75, 3.05) is 52.0 Å². The second-order valence-corrected chi connectivity index (χ2v) is 21.8. The lowest BCUT2D eigenvalue weighted by atomic mass is 9.98. The van der Waals surface area contributed by atoms with Crippen LogP contribution in [0.5, 0.6) is 0 Å². The van der Waals surface area contributed by atoms with Crippen LogP contribution in [0.25, 0.3) is 22.3 Å². The highest BCUT2D eigenvalue weighted by molar-refractivity contribution is 7.98. The van der Waals surface area contributed by atoms with Gasteiger partial charge < -0.3 is 28.7 Å². The molecule has 0 N–H and O–H groups in total. The Labute approximate surface area is 614 Å². The fraction of sp³-hybridized carbons (Fsp3) is 0.378. The maximum absolute atomic E-state index is 15.1. The highest BCUT2D eigenvalue weighted by atomic mass is 32.2. The molecule has 8 aromatic rings. The van der Waals surface area contributed by atoms with Gasteiger partial charge in [-0.15, -0.1) is 0 Å². The average Bonchev–Trinajstić information content (AvgIpc) is 1.43.